The summed E-state index contributed by atoms with van der Waals surface area (Å²) in [5.41, 5.74) is 3.98. The van der Waals surface area contributed by atoms with E-state index in [-0.39, 0.29) is 11.9 Å². The molecule has 29 heavy (non-hydrogen) atoms. The molecule has 1 amide bonds. The van der Waals surface area contributed by atoms with Crippen LogP contribution in [0.3, 0.4) is 0 Å². The van der Waals surface area contributed by atoms with Crippen LogP contribution in [0.4, 0.5) is 5.82 Å². The molecular formula is C23H29N5O. The highest BCUT2D eigenvalue weighted by atomic mass is 16.2. The summed E-state index contributed by atoms with van der Waals surface area (Å²) >= 11 is 0. The average molecular weight is 392 g/mol. The largest absolute Gasteiger partial charge is 0.358 e. The molecule has 3 aromatic rings. The van der Waals surface area contributed by atoms with Crippen molar-refractivity contribution in [1.29, 1.82) is 0 Å². The molecule has 4 rings (SSSR count). The number of aromatic nitrogens is 2. The second-order valence-electron chi connectivity index (χ2n) is 7.95. The molecule has 0 saturated carbocycles. The Bertz CT molecular complexity index is 994. The van der Waals surface area contributed by atoms with Crippen molar-refractivity contribution in [2.45, 2.75) is 26.3 Å². The number of pyridine rings is 1. The van der Waals surface area contributed by atoms with Gasteiger partial charge in [-0.3, -0.25) is 9.20 Å². The van der Waals surface area contributed by atoms with E-state index >= 15 is 0 Å². The highest BCUT2D eigenvalue weighted by Crippen LogP contribution is 2.29. The molecule has 6 nitrogen and oxygen atoms in total. The number of aryl methyl sites for hydroxylation is 1. The summed E-state index contributed by atoms with van der Waals surface area (Å²) in [5, 5.41) is 3.47. The lowest BCUT2D eigenvalue weighted by atomic mass is 10.1. The first kappa shape index (κ1) is 19.5. The fourth-order valence-corrected chi connectivity index (χ4v) is 3.85. The molecule has 1 N–H and O–H groups in total. The predicted octanol–water partition coefficient (Wildman–Crippen LogP) is 3.27. The molecule has 0 aliphatic carbocycles. The van der Waals surface area contributed by atoms with E-state index in [0.717, 1.165) is 55.3 Å². The normalized spacial score (nSPS) is 16.6. The number of rotatable bonds is 4. The van der Waals surface area contributed by atoms with Gasteiger partial charge in [0.25, 0.3) is 0 Å². The van der Waals surface area contributed by atoms with Crippen LogP contribution in [0, 0.1) is 6.92 Å². The molecule has 1 fully saturated rings. The van der Waals surface area contributed by atoms with E-state index < -0.39 is 0 Å². The van der Waals surface area contributed by atoms with E-state index in [1.807, 2.05) is 40.6 Å². The van der Waals surface area contributed by atoms with Gasteiger partial charge in [0.2, 0.25) is 5.91 Å². The van der Waals surface area contributed by atoms with Crippen LogP contribution in [0.25, 0.3) is 16.9 Å². The zero-order valence-corrected chi connectivity index (χ0v) is 17.4. The molecule has 1 unspecified atom stereocenters. The Morgan fingerprint density at radius 3 is 2.66 bits per heavy atom. The third kappa shape index (κ3) is 4.12. The molecule has 1 aliphatic rings. The molecular weight excluding hydrogens is 362 g/mol. The van der Waals surface area contributed by atoms with Crippen molar-refractivity contribution in [1.82, 2.24) is 19.2 Å². The third-order valence-corrected chi connectivity index (χ3v) is 5.61. The molecule has 1 aromatic carbocycles. The molecule has 1 atom stereocenters. The number of benzene rings is 1. The Labute approximate surface area is 172 Å². The van der Waals surface area contributed by atoms with Crippen LogP contribution in [0.1, 0.15) is 18.9 Å². The number of hydrogen-bond acceptors (Lipinski definition) is 4. The summed E-state index contributed by atoms with van der Waals surface area (Å²) in [6.45, 7) is 7.57. The van der Waals surface area contributed by atoms with Gasteiger partial charge >= 0.3 is 0 Å². The minimum Gasteiger partial charge on any atom is -0.358 e. The summed E-state index contributed by atoms with van der Waals surface area (Å²) in [6.07, 6.45) is 3.00. The molecule has 2 aromatic heterocycles. The third-order valence-electron chi connectivity index (χ3n) is 5.61. The highest BCUT2D eigenvalue weighted by Gasteiger charge is 2.24. The maximum absolute atomic E-state index is 13.1. The molecule has 0 spiro atoms. The quantitative estimate of drug-likeness (QED) is 0.742. The Hall–Kier alpha value is -2.86. The number of carbonyl (C=O) groups excluding carboxylic acids is 1. The SMILES string of the molecule is Cc1ccc(-c2nc3ccccn3c2NC(C)C(=O)N2CCCN(C)CC2)cc1. The summed E-state index contributed by atoms with van der Waals surface area (Å²) < 4.78 is 2.02. The van der Waals surface area contributed by atoms with Crippen molar-refractivity contribution in [3.8, 4) is 11.3 Å². The Morgan fingerprint density at radius 1 is 1.07 bits per heavy atom. The van der Waals surface area contributed by atoms with Gasteiger partial charge in [-0.25, -0.2) is 4.98 Å². The number of nitrogens with zero attached hydrogens (tertiary/aromatic N) is 4. The lowest BCUT2D eigenvalue weighted by Gasteiger charge is -2.25. The average Bonchev–Trinajstić information content (AvgIpc) is 2.93. The molecule has 1 aliphatic heterocycles. The van der Waals surface area contributed by atoms with Crippen LogP contribution in [0.15, 0.2) is 48.7 Å². The molecule has 6 heteroatoms. The smallest absolute Gasteiger partial charge is 0.244 e. The van der Waals surface area contributed by atoms with Crippen LogP contribution < -0.4 is 5.32 Å². The molecule has 1 saturated heterocycles. The van der Waals surface area contributed by atoms with Gasteiger partial charge in [-0.2, -0.15) is 0 Å². The van der Waals surface area contributed by atoms with Crippen molar-refractivity contribution in [2.24, 2.45) is 0 Å². The minimum atomic E-state index is -0.331. The minimum absolute atomic E-state index is 0.140. The molecule has 0 bridgehead atoms. The van der Waals surface area contributed by atoms with Gasteiger partial charge in [0, 0.05) is 31.4 Å². The van der Waals surface area contributed by atoms with Crippen LogP contribution in [0.2, 0.25) is 0 Å². The van der Waals surface area contributed by atoms with E-state index in [4.69, 9.17) is 4.98 Å². The van der Waals surface area contributed by atoms with E-state index in [9.17, 15) is 4.79 Å². The summed E-state index contributed by atoms with van der Waals surface area (Å²) in [6, 6.07) is 14.0. The topological polar surface area (TPSA) is 52.9 Å². The first-order valence-electron chi connectivity index (χ1n) is 10.3. The Kier molecular flexibility index (Phi) is 5.53. The van der Waals surface area contributed by atoms with Crippen molar-refractivity contribution in [3.05, 3.63) is 54.2 Å². The monoisotopic (exact) mass is 391 g/mol. The summed E-state index contributed by atoms with van der Waals surface area (Å²) in [5.74, 6) is 0.998. The second-order valence-corrected chi connectivity index (χ2v) is 7.95. The first-order chi connectivity index (χ1) is 14.0. The summed E-state index contributed by atoms with van der Waals surface area (Å²) in [4.78, 5) is 22.2. The van der Waals surface area contributed by atoms with Crippen LogP contribution >= 0.6 is 0 Å². The number of nitrogens with one attached hydrogen (secondary N) is 1. The van der Waals surface area contributed by atoms with E-state index in [2.05, 4.69) is 48.5 Å². The predicted molar refractivity (Wildman–Crippen MR) is 117 cm³/mol. The zero-order chi connectivity index (χ0) is 20.4. The van der Waals surface area contributed by atoms with E-state index in [1.54, 1.807) is 0 Å². The number of amides is 1. The maximum Gasteiger partial charge on any atom is 0.244 e. The van der Waals surface area contributed by atoms with Gasteiger partial charge in [-0.1, -0.05) is 35.9 Å². The van der Waals surface area contributed by atoms with E-state index in [0.29, 0.717) is 0 Å². The lowest BCUT2D eigenvalue weighted by Crippen LogP contribution is -2.43. The second kappa shape index (κ2) is 8.25. The van der Waals surface area contributed by atoms with Crippen LogP contribution in [-0.2, 0) is 4.79 Å². The van der Waals surface area contributed by atoms with Gasteiger partial charge in [-0.15, -0.1) is 0 Å². The van der Waals surface area contributed by atoms with Crippen LogP contribution in [-0.4, -0.2) is 64.4 Å². The summed E-state index contributed by atoms with van der Waals surface area (Å²) in [7, 11) is 2.11. The maximum atomic E-state index is 13.1. The zero-order valence-electron chi connectivity index (χ0n) is 17.4. The fourth-order valence-electron chi connectivity index (χ4n) is 3.85. The highest BCUT2D eigenvalue weighted by molar-refractivity contribution is 5.86. The number of likely N-dealkylation sites (N-methyl/N-ethyl adjacent to an activating group) is 1. The fraction of sp³-hybridized carbons (Fsp3) is 0.391. The number of fused-ring (bicyclic) bond motifs is 1. The Morgan fingerprint density at radius 2 is 1.86 bits per heavy atom. The van der Waals surface area contributed by atoms with Crippen molar-refractivity contribution in [3.63, 3.8) is 0 Å². The number of carbonyl (C=O) groups is 1. The van der Waals surface area contributed by atoms with E-state index in [1.165, 1.54) is 5.56 Å². The van der Waals surface area contributed by atoms with Gasteiger partial charge in [0.1, 0.15) is 23.2 Å². The number of anilines is 1. The van der Waals surface area contributed by atoms with Gasteiger partial charge in [0.05, 0.1) is 0 Å². The first-order valence-corrected chi connectivity index (χ1v) is 10.3. The van der Waals surface area contributed by atoms with Gasteiger partial charge in [0.15, 0.2) is 0 Å². The lowest BCUT2D eigenvalue weighted by molar-refractivity contribution is -0.131. The molecule has 3 heterocycles. The standard InChI is InChI=1S/C23H29N5O/c1-17-8-10-19(11-9-17)21-22(28-14-5-4-7-20(28)25-21)24-18(2)23(29)27-13-6-12-26(3)15-16-27/h4-5,7-11,14,18,24H,6,12-13,15-16H2,1-3H3. The van der Waals surface area contributed by atoms with Crippen molar-refractivity contribution in [2.75, 3.05) is 38.5 Å². The molecule has 0 radical (unpaired) electrons. The Balaban J connectivity index is 1.63. The number of imidazole rings is 1. The molecule has 152 valence electrons. The van der Waals surface area contributed by atoms with Crippen LogP contribution in [0.5, 0.6) is 0 Å². The van der Waals surface area contributed by atoms with Gasteiger partial charge < -0.3 is 15.1 Å². The van der Waals surface area contributed by atoms with Gasteiger partial charge in [-0.05, 0) is 46.0 Å². The number of hydrogen-bond donors (Lipinski definition) is 1. The van der Waals surface area contributed by atoms with Crippen molar-refractivity contribution < 1.29 is 4.79 Å². The van der Waals surface area contributed by atoms with Crippen molar-refractivity contribution >= 4 is 17.4 Å².